The number of rotatable bonds is 1. The molecule has 5 nitrogen and oxygen atoms in total. The number of hydrogen-bond donors (Lipinski definition) is 0. The summed E-state index contributed by atoms with van der Waals surface area (Å²) in [6, 6.07) is 6.01. The summed E-state index contributed by atoms with van der Waals surface area (Å²) in [7, 11) is 0. The number of fused-ring (bicyclic) bond motifs is 2. The number of benzene rings is 1. The van der Waals surface area contributed by atoms with Crippen molar-refractivity contribution >= 4 is 5.91 Å². The van der Waals surface area contributed by atoms with Gasteiger partial charge in [-0.3, -0.25) is 9.69 Å². The highest BCUT2D eigenvalue weighted by Gasteiger charge is 2.33. The number of piperazine rings is 1. The van der Waals surface area contributed by atoms with Gasteiger partial charge in [-0.25, -0.2) is 0 Å². The van der Waals surface area contributed by atoms with E-state index in [0.717, 1.165) is 25.4 Å². The zero-order valence-corrected chi connectivity index (χ0v) is 11.4. The zero-order chi connectivity index (χ0) is 13.5. The van der Waals surface area contributed by atoms with Gasteiger partial charge in [0.2, 0.25) is 6.79 Å². The second-order valence-corrected chi connectivity index (χ2v) is 5.65. The Balaban J connectivity index is 1.52. The van der Waals surface area contributed by atoms with Crippen molar-refractivity contribution in [1.82, 2.24) is 9.80 Å². The lowest BCUT2D eigenvalue weighted by Gasteiger charge is -2.37. The van der Waals surface area contributed by atoms with Crippen molar-refractivity contribution in [1.29, 1.82) is 0 Å². The first kappa shape index (κ1) is 12.0. The average molecular weight is 274 g/mol. The van der Waals surface area contributed by atoms with Crippen LogP contribution in [0.4, 0.5) is 0 Å². The van der Waals surface area contributed by atoms with Crippen molar-refractivity contribution < 1.29 is 14.3 Å². The molecule has 0 radical (unpaired) electrons. The van der Waals surface area contributed by atoms with Crippen molar-refractivity contribution in [2.75, 3.05) is 33.0 Å². The summed E-state index contributed by atoms with van der Waals surface area (Å²) >= 11 is 0. The van der Waals surface area contributed by atoms with Crippen LogP contribution in [-0.4, -0.2) is 54.7 Å². The van der Waals surface area contributed by atoms with Crippen LogP contribution in [0.1, 0.15) is 23.2 Å². The van der Waals surface area contributed by atoms with Crippen LogP contribution in [0.15, 0.2) is 18.2 Å². The summed E-state index contributed by atoms with van der Waals surface area (Å²) in [4.78, 5) is 17.1. The molecule has 0 spiro atoms. The van der Waals surface area contributed by atoms with E-state index in [1.807, 2.05) is 17.0 Å². The second kappa shape index (κ2) is 4.66. The summed E-state index contributed by atoms with van der Waals surface area (Å²) in [5.74, 6) is 1.51. The molecule has 0 N–H and O–H groups in total. The Bertz CT molecular complexity index is 546. The van der Waals surface area contributed by atoms with Crippen molar-refractivity contribution in [2.45, 2.75) is 18.9 Å². The van der Waals surface area contributed by atoms with Gasteiger partial charge in [-0.2, -0.15) is 0 Å². The molecule has 1 aromatic rings. The number of ether oxygens (including phenoxy) is 2. The molecule has 0 bridgehead atoms. The highest BCUT2D eigenvalue weighted by Crippen LogP contribution is 2.33. The lowest BCUT2D eigenvalue weighted by molar-refractivity contribution is 0.0571. The molecule has 3 aliphatic rings. The van der Waals surface area contributed by atoms with Crippen LogP contribution >= 0.6 is 0 Å². The molecule has 0 saturated carbocycles. The fourth-order valence-electron chi connectivity index (χ4n) is 3.39. The van der Waals surface area contributed by atoms with Gasteiger partial charge < -0.3 is 14.4 Å². The summed E-state index contributed by atoms with van der Waals surface area (Å²) in [5, 5.41) is 0. The number of amides is 1. The Morgan fingerprint density at radius 1 is 1.15 bits per heavy atom. The highest BCUT2D eigenvalue weighted by molar-refractivity contribution is 5.95. The van der Waals surface area contributed by atoms with E-state index >= 15 is 0 Å². The van der Waals surface area contributed by atoms with Crippen LogP contribution < -0.4 is 9.47 Å². The van der Waals surface area contributed by atoms with E-state index in [4.69, 9.17) is 9.47 Å². The van der Waals surface area contributed by atoms with Crippen LogP contribution in [0, 0.1) is 0 Å². The number of nitrogens with zero attached hydrogens (tertiary/aromatic N) is 2. The fraction of sp³-hybridized carbons (Fsp3) is 0.533. The third-order valence-corrected chi connectivity index (χ3v) is 4.49. The molecular weight excluding hydrogens is 256 g/mol. The zero-order valence-electron chi connectivity index (χ0n) is 11.4. The van der Waals surface area contributed by atoms with Gasteiger partial charge in [0, 0.05) is 31.2 Å². The second-order valence-electron chi connectivity index (χ2n) is 5.65. The van der Waals surface area contributed by atoms with Crippen molar-refractivity contribution in [3.8, 4) is 11.5 Å². The van der Waals surface area contributed by atoms with E-state index < -0.39 is 0 Å². The van der Waals surface area contributed by atoms with Crippen molar-refractivity contribution in [3.63, 3.8) is 0 Å². The minimum atomic E-state index is 0.106. The molecule has 5 heteroatoms. The first-order chi connectivity index (χ1) is 9.81. The van der Waals surface area contributed by atoms with Gasteiger partial charge in [-0.05, 0) is 37.6 Å². The Morgan fingerprint density at radius 2 is 2.05 bits per heavy atom. The van der Waals surface area contributed by atoms with E-state index in [-0.39, 0.29) is 12.7 Å². The maximum Gasteiger partial charge on any atom is 0.254 e. The van der Waals surface area contributed by atoms with E-state index in [0.29, 0.717) is 17.4 Å². The summed E-state index contributed by atoms with van der Waals surface area (Å²) in [6.07, 6.45) is 2.47. The summed E-state index contributed by atoms with van der Waals surface area (Å²) < 4.78 is 10.6. The van der Waals surface area contributed by atoms with E-state index in [9.17, 15) is 4.79 Å². The number of carbonyl (C=O) groups is 1. The first-order valence-electron chi connectivity index (χ1n) is 7.24. The van der Waals surface area contributed by atoms with Gasteiger partial charge in [0.15, 0.2) is 11.5 Å². The van der Waals surface area contributed by atoms with Gasteiger partial charge in [-0.1, -0.05) is 0 Å². The van der Waals surface area contributed by atoms with E-state index in [1.165, 1.54) is 19.4 Å². The molecule has 3 aliphatic heterocycles. The minimum Gasteiger partial charge on any atom is -0.454 e. The molecule has 1 aromatic carbocycles. The van der Waals surface area contributed by atoms with Gasteiger partial charge in [0.05, 0.1) is 0 Å². The minimum absolute atomic E-state index is 0.106. The molecule has 3 heterocycles. The Kier molecular flexibility index (Phi) is 2.80. The standard InChI is InChI=1S/C15H18N2O3/c18-15(11-3-4-13-14(8-11)20-10-19-13)17-7-6-16-5-1-2-12(16)9-17/h3-4,8,12H,1-2,5-7,9-10H2. The summed E-state index contributed by atoms with van der Waals surface area (Å²) in [5.41, 5.74) is 0.695. The molecule has 20 heavy (non-hydrogen) atoms. The molecule has 4 rings (SSSR count). The predicted octanol–water partition coefficient (Wildman–Crippen LogP) is 1.34. The van der Waals surface area contributed by atoms with Crippen molar-refractivity contribution in [3.05, 3.63) is 23.8 Å². The van der Waals surface area contributed by atoms with Crippen LogP contribution in [0.5, 0.6) is 11.5 Å². The highest BCUT2D eigenvalue weighted by atomic mass is 16.7. The molecule has 1 amide bonds. The maximum absolute atomic E-state index is 12.6. The van der Waals surface area contributed by atoms with Gasteiger partial charge in [0.1, 0.15) is 0 Å². The van der Waals surface area contributed by atoms with Gasteiger partial charge in [-0.15, -0.1) is 0 Å². The molecule has 0 aliphatic carbocycles. The normalized spacial score (nSPS) is 24.8. The molecular formula is C15H18N2O3. The largest absolute Gasteiger partial charge is 0.454 e. The summed E-state index contributed by atoms with van der Waals surface area (Å²) in [6.45, 7) is 4.11. The van der Waals surface area contributed by atoms with Crippen LogP contribution in [0.3, 0.4) is 0 Å². The quantitative estimate of drug-likeness (QED) is 0.775. The van der Waals surface area contributed by atoms with Gasteiger partial charge >= 0.3 is 0 Å². The third kappa shape index (κ3) is 1.93. The average Bonchev–Trinajstić information content (AvgIpc) is 3.13. The Labute approximate surface area is 118 Å². The monoisotopic (exact) mass is 274 g/mol. The molecule has 1 unspecified atom stereocenters. The molecule has 2 saturated heterocycles. The SMILES string of the molecule is O=C(c1ccc2c(c1)OCO2)N1CCN2CCCC2C1. The maximum atomic E-state index is 12.6. The first-order valence-corrected chi connectivity index (χ1v) is 7.24. The molecule has 2 fully saturated rings. The molecule has 0 aromatic heterocycles. The van der Waals surface area contributed by atoms with Crippen molar-refractivity contribution in [2.24, 2.45) is 0 Å². The van der Waals surface area contributed by atoms with Crippen LogP contribution in [0.2, 0.25) is 0 Å². The lowest BCUT2D eigenvalue weighted by atomic mass is 10.1. The fourth-order valence-corrected chi connectivity index (χ4v) is 3.39. The Hall–Kier alpha value is -1.75. The van der Waals surface area contributed by atoms with E-state index in [1.54, 1.807) is 6.07 Å². The third-order valence-electron chi connectivity index (χ3n) is 4.49. The van der Waals surface area contributed by atoms with Gasteiger partial charge in [0.25, 0.3) is 5.91 Å². The van der Waals surface area contributed by atoms with E-state index in [2.05, 4.69) is 4.90 Å². The Morgan fingerprint density at radius 3 is 3.00 bits per heavy atom. The topological polar surface area (TPSA) is 42.0 Å². The van der Waals surface area contributed by atoms with Crippen LogP contribution in [0.25, 0.3) is 0 Å². The smallest absolute Gasteiger partial charge is 0.254 e. The number of hydrogen-bond acceptors (Lipinski definition) is 4. The molecule has 1 atom stereocenters. The van der Waals surface area contributed by atoms with Crippen LogP contribution in [-0.2, 0) is 0 Å². The predicted molar refractivity (Wildman–Crippen MR) is 73.1 cm³/mol. The number of carbonyl (C=O) groups excluding carboxylic acids is 1. The molecule has 106 valence electrons. The lowest BCUT2D eigenvalue weighted by Crippen LogP contribution is -2.52.